The largest absolute Gasteiger partial charge is 0.295 e. The van der Waals surface area contributed by atoms with Crippen molar-refractivity contribution in [2.45, 2.75) is 138 Å². The topological polar surface area (TPSA) is 17.1 Å². The first-order chi connectivity index (χ1) is 14.0. The van der Waals surface area contributed by atoms with Crippen LogP contribution in [0.2, 0.25) is 0 Å². The summed E-state index contributed by atoms with van der Waals surface area (Å²) in [6.07, 6.45) is 18.1. The van der Waals surface area contributed by atoms with Gasteiger partial charge in [-0.05, 0) is 24.8 Å². The molecule has 0 fully saturated rings. The summed E-state index contributed by atoms with van der Waals surface area (Å²) in [6, 6.07) is 7.91. The van der Waals surface area contributed by atoms with E-state index in [0.29, 0.717) is 5.92 Å². The smallest absolute Gasteiger partial charge is 0.159 e. The predicted octanol–water partition coefficient (Wildman–Crippen LogP) is 10.1. The fraction of sp³-hybridized carbons (Fsp3) is 0.750. The van der Waals surface area contributed by atoms with E-state index in [4.69, 9.17) is 0 Å². The summed E-state index contributed by atoms with van der Waals surface area (Å²) < 4.78 is 0. The standard InChI is InChI=1S/C12H16O.C9H20.C7H16/c1-4-9(2)11-5-7-12(8-6-11)10(3)13;1-3-5-7-9-8-6-4-2;1-3-5-7-6-4-2/h5-9H,4H2,1-3H3;3-9H2,1-2H3;3-7H2,1-2H3. The van der Waals surface area contributed by atoms with E-state index in [1.54, 1.807) is 6.92 Å². The molecule has 1 heteroatoms. The fourth-order valence-electron chi connectivity index (χ4n) is 2.99. The molecule has 0 N–H and O–H groups in total. The zero-order chi connectivity index (χ0) is 22.3. The van der Waals surface area contributed by atoms with Gasteiger partial charge in [-0.1, -0.05) is 143 Å². The summed E-state index contributed by atoms with van der Waals surface area (Å²) in [5.41, 5.74) is 2.11. The molecule has 1 nitrogen and oxygen atoms in total. The first-order valence-corrected chi connectivity index (χ1v) is 12.6. The molecule has 0 aliphatic carbocycles. The number of Topliss-reactive ketones (excluding diaryl/α,β-unsaturated/α-hetero) is 1. The third-order valence-corrected chi connectivity index (χ3v) is 5.41. The highest BCUT2D eigenvalue weighted by Gasteiger charge is 2.03. The van der Waals surface area contributed by atoms with Gasteiger partial charge in [0, 0.05) is 5.56 Å². The summed E-state index contributed by atoms with van der Waals surface area (Å²) in [5, 5.41) is 0. The van der Waals surface area contributed by atoms with E-state index in [9.17, 15) is 4.79 Å². The maximum absolute atomic E-state index is 11.0. The monoisotopic (exact) mass is 404 g/mol. The van der Waals surface area contributed by atoms with Gasteiger partial charge in [0.1, 0.15) is 0 Å². The van der Waals surface area contributed by atoms with E-state index in [2.05, 4.69) is 41.5 Å². The number of carbonyl (C=O) groups is 1. The van der Waals surface area contributed by atoms with Crippen LogP contribution in [0.1, 0.15) is 154 Å². The van der Waals surface area contributed by atoms with Crippen LogP contribution in [0.3, 0.4) is 0 Å². The van der Waals surface area contributed by atoms with Gasteiger partial charge in [-0.2, -0.15) is 0 Å². The molecule has 0 aliphatic heterocycles. The number of hydrogen-bond donors (Lipinski definition) is 0. The highest BCUT2D eigenvalue weighted by atomic mass is 16.1. The first kappa shape index (κ1) is 30.1. The van der Waals surface area contributed by atoms with Crippen LogP contribution in [0.5, 0.6) is 0 Å². The van der Waals surface area contributed by atoms with Gasteiger partial charge in [0.15, 0.2) is 5.78 Å². The molecule has 1 aromatic rings. The number of unbranched alkanes of at least 4 members (excludes halogenated alkanes) is 10. The molecule has 170 valence electrons. The zero-order valence-corrected chi connectivity index (χ0v) is 21.0. The van der Waals surface area contributed by atoms with E-state index in [1.165, 1.54) is 82.6 Å². The van der Waals surface area contributed by atoms with Crippen LogP contribution in [-0.2, 0) is 0 Å². The van der Waals surface area contributed by atoms with E-state index in [1.807, 2.05) is 24.3 Å². The first-order valence-electron chi connectivity index (χ1n) is 12.6. The Labute approximate surface area is 184 Å². The fourth-order valence-corrected chi connectivity index (χ4v) is 2.99. The number of hydrogen-bond acceptors (Lipinski definition) is 1. The second-order valence-electron chi connectivity index (χ2n) is 8.32. The molecule has 0 aromatic heterocycles. The van der Waals surface area contributed by atoms with Crippen LogP contribution in [0.25, 0.3) is 0 Å². The van der Waals surface area contributed by atoms with Gasteiger partial charge < -0.3 is 0 Å². The van der Waals surface area contributed by atoms with Crippen LogP contribution < -0.4 is 0 Å². The van der Waals surface area contributed by atoms with Crippen molar-refractivity contribution in [2.75, 3.05) is 0 Å². The highest BCUT2D eigenvalue weighted by Crippen LogP contribution is 2.18. The molecule has 0 aliphatic rings. The molecule has 0 heterocycles. The van der Waals surface area contributed by atoms with Crippen molar-refractivity contribution >= 4 is 5.78 Å². The van der Waals surface area contributed by atoms with Crippen molar-refractivity contribution in [3.63, 3.8) is 0 Å². The molecule has 0 bridgehead atoms. The molecule has 0 saturated carbocycles. The van der Waals surface area contributed by atoms with E-state index in [-0.39, 0.29) is 5.78 Å². The Bertz CT molecular complexity index is 436. The lowest BCUT2D eigenvalue weighted by atomic mass is 9.97. The van der Waals surface area contributed by atoms with Gasteiger partial charge in [0.25, 0.3) is 0 Å². The van der Waals surface area contributed by atoms with Crippen molar-refractivity contribution in [1.82, 2.24) is 0 Å². The maximum atomic E-state index is 11.0. The molecule has 1 aromatic carbocycles. The van der Waals surface area contributed by atoms with Crippen LogP contribution in [0, 0.1) is 0 Å². The average Bonchev–Trinajstić information content (AvgIpc) is 2.74. The van der Waals surface area contributed by atoms with Crippen molar-refractivity contribution in [3.8, 4) is 0 Å². The molecule has 0 spiro atoms. The van der Waals surface area contributed by atoms with Gasteiger partial charge in [0.05, 0.1) is 0 Å². The van der Waals surface area contributed by atoms with Crippen molar-refractivity contribution < 1.29 is 4.79 Å². The lowest BCUT2D eigenvalue weighted by molar-refractivity contribution is 0.101. The Morgan fingerprint density at radius 1 is 0.655 bits per heavy atom. The van der Waals surface area contributed by atoms with Gasteiger partial charge in [-0.25, -0.2) is 0 Å². The summed E-state index contributed by atoms with van der Waals surface area (Å²) in [7, 11) is 0. The quantitative estimate of drug-likeness (QED) is 0.236. The van der Waals surface area contributed by atoms with Crippen LogP contribution in [0.4, 0.5) is 0 Å². The van der Waals surface area contributed by atoms with Gasteiger partial charge in [-0.3, -0.25) is 4.79 Å². The Morgan fingerprint density at radius 3 is 1.31 bits per heavy atom. The van der Waals surface area contributed by atoms with Gasteiger partial charge in [0.2, 0.25) is 0 Å². The van der Waals surface area contributed by atoms with Crippen LogP contribution in [0.15, 0.2) is 24.3 Å². The molecule has 1 atom stereocenters. The normalized spacial score (nSPS) is 11.0. The van der Waals surface area contributed by atoms with Gasteiger partial charge >= 0.3 is 0 Å². The van der Waals surface area contributed by atoms with Gasteiger partial charge in [-0.15, -0.1) is 0 Å². The van der Waals surface area contributed by atoms with Crippen molar-refractivity contribution in [2.24, 2.45) is 0 Å². The Morgan fingerprint density at radius 2 is 1.00 bits per heavy atom. The minimum atomic E-state index is 0.135. The molecule has 0 radical (unpaired) electrons. The predicted molar refractivity (Wildman–Crippen MR) is 133 cm³/mol. The summed E-state index contributed by atoms with van der Waals surface area (Å²) in [4.78, 5) is 11.0. The zero-order valence-electron chi connectivity index (χ0n) is 21.0. The molecule has 1 rings (SSSR count). The van der Waals surface area contributed by atoms with E-state index >= 15 is 0 Å². The second kappa shape index (κ2) is 23.2. The Balaban J connectivity index is 0. The number of carbonyl (C=O) groups excluding carboxylic acids is 1. The van der Waals surface area contributed by atoms with Crippen molar-refractivity contribution in [3.05, 3.63) is 35.4 Å². The molecule has 0 amide bonds. The van der Waals surface area contributed by atoms with Crippen LogP contribution in [-0.4, -0.2) is 5.78 Å². The SMILES string of the molecule is CCC(C)c1ccc(C(C)=O)cc1.CCCCCCC.CCCCCCCCC. The molecular formula is C28H52O. The lowest BCUT2D eigenvalue weighted by Crippen LogP contribution is -1.94. The minimum absolute atomic E-state index is 0.135. The minimum Gasteiger partial charge on any atom is -0.295 e. The Kier molecular flexibility index (Phi) is 24.0. The third-order valence-electron chi connectivity index (χ3n) is 5.41. The van der Waals surface area contributed by atoms with Crippen LogP contribution >= 0.6 is 0 Å². The van der Waals surface area contributed by atoms with Crippen molar-refractivity contribution in [1.29, 1.82) is 0 Å². The average molecular weight is 405 g/mol. The molecule has 29 heavy (non-hydrogen) atoms. The second-order valence-corrected chi connectivity index (χ2v) is 8.32. The summed E-state index contributed by atoms with van der Waals surface area (Å²) >= 11 is 0. The Hall–Kier alpha value is -1.11. The third kappa shape index (κ3) is 20.0. The number of ketones is 1. The molecule has 0 saturated heterocycles. The number of rotatable bonds is 13. The summed E-state index contributed by atoms with van der Waals surface area (Å²) in [6.45, 7) is 15.0. The summed E-state index contributed by atoms with van der Waals surface area (Å²) in [5.74, 6) is 0.719. The number of benzene rings is 1. The lowest BCUT2D eigenvalue weighted by Gasteiger charge is -2.08. The molecular weight excluding hydrogens is 352 g/mol. The van der Waals surface area contributed by atoms with E-state index < -0.39 is 0 Å². The maximum Gasteiger partial charge on any atom is 0.159 e. The molecule has 1 unspecified atom stereocenters. The van der Waals surface area contributed by atoms with E-state index in [0.717, 1.165) is 12.0 Å². The highest BCUT2D eigenvalue weighted by molar-refractivity contribution is 5.94.